The Bertz CT molecular complexity index is 1810. The Kier molecular flexibility index (Phi) is 14.5. The molecule has 0 unspecified atom stereocenters. The number of hydrogen-bond acceptors (Lipinski definition) is 2. The summed E-state index contributed by atoms with van der Waals surface area (Å²) in [5, 5.41) is 0. The van der Waals surface area contributed by atoms with Crippen LogP contribution >= 0.6 is 0 Å². The summed E-state index contributed by atoms with van der Waals surface area (Å²) < 4.78 is 294. The molecule has 4 aromatic carbocycles. The van der Waals surface area contributed by atoms with E-state index in [0.717, 1.165) is 6.42 Å². The van der Waals surface area contributed by atoms with Crippen LogP contribution in [0.25, 0.3) is 0 Å². The summed E-state index contributed by atoms with van der Waals surface area (Å²) in [6, 6.07) is 0. The molecule has 5 rings (SSSR count). The SMILES string of the molecule is C1=C[CH+]CC=C1.C=O.C=O.Fc1c(F)c(F)c([B-](c2c(F)c(F)c(F)c(F)c2F)(c2c(F)c(F)c(F)c(F)c2F)c2c(F)c(F)c(F)c(F)c2F)c(F)c1F. The van der Waals surface area contributed by atoms with Gasteiger partial charge in [-0.2, -0.15) is 0 Å². The van der Waals surface area contributed by atoms with Gasteiger partial charge in [-0.3, -0.25) is 0 Å². The number of benzene rings is 4. The van der Waals surface area contributed by atoms with E-state index < -0.39 is 144 Å². The van der Waals surface area contributed by atoms with Crippen molar-refractivity contribution >= 4 is 41.6 Å². The van der Waals surface area contributed by atoms with Gasteiger partial charge in [-0.05, 0) is 6.08 Å². The molecule has 0 fully saturated rings. The molecule has 0 spiro atoms. The Balaban J connectivity index is 0.000000926. The molecule has 0 bridgehead atoms. The summed E-state index contributed by atoms with van der Waals surface area (Å²) >= 11 is 0. The van der Waals surface area contributed by atoms with Gasteiger partial charge in [0.25, 0.3) is 0 Å². The van der Waals surface area contributed by atoms with Crippen molar-refractivity contribution in [2.45, 2.75) is 6.42 Å². The Hall–Kier alpha value is -5.77. The molecule has 55 heavy (non-hydrogen) atoms. The first-order chi connectivity index (χ1) is 25.7. The fourth-order valence-electron chi connectivity index (χ4n) is 5.33. The standard InChI is InChI=1S/C24BF20.C6H7.2CH2O/c26-5-1(6(27)14(35)21(42)13(5)34)25(2-7(28)15(36)22(43)16(37)8(2)29,3-9(30)17(38)23(44)18(39)10(3)31)4-11(32)19(40)24(45)20(41)12(4)33;1-2-4-6-5-3-1;2*1-2/h;1-5H,6H2;2*1H2/q-1;+1;;. The monoisotopic (exact) mass is 818 g/mol. The van der Waals surface area contributed by atoms with Gasteiger partial charge in [0.05, 0.1) is 18.6 Å². The predicted molar refractivity (Wildman–Crippen MR) is 151 cm³/mol. The van der Waals surface area contributed by atoms with E-state index in [4.69, 9.17) is 9.59 Å². The molecule has 0 heterocycles. The zero-order valence-corrected chi connectivity index (χ0v) is 26.0. The molecule has 0 aromatic heterocycles. The van der Waals surface area contributed by atoms with E-state index in [0.29, 0.717) is 0 Å². The fraction of sp³-hybridized carbons (Fsp3) is 0.0312. The van der Waals surface area contributed by atoms with Gasteiger partial charge in [0.1, 0.15) is 66.3 Å². The molecule has 0 atom stereocenters. The van der Waals surface area contributed by atoms with E-state index in [1.165, 1.54) is 0 Å². The molecule has 0 N–H and O–H groups in total. The maximum absolute atomic E-state index is 15.4. The Morgan fingerprint density at radius 3 is 0.618 bits per heavy atom. The van der Waals surface area contributed by atoms with Gasteiger partial charge in [0.2, 0.25) is 0 Å². The van der Waals surface area contributed by atoms with Crippen LogP contribution < -0.4 is 21.9 Å². The largest absolute Gasteiger partial charge is 0.307 e. The van der Waals surface area contributed by atoms with Crippen molar-refractivity contribution in [3.63, 3.8) is 0 Å². The third-order valence-corrected chi connectivity index (χ3v) is 7.47. The molecule has 294 valence electrons. The van der Waals surface area contributed by atoms with E-state index in [1.54, 1.807) is 0 Å². The smallest absolute Gasteiger partial charge is 0.200 e. The highest BCUT2D eigenvalue weighted by molar-refractivity contribution is 7.20. The Morgan fingerprint density at radius 1 is 0.327 bits per heavy atom. The molecule has 1 aliphatic rings. The van der Waals surface area contributed by atoms with Crippen LogP contribution in [0.3, 0.4) is 0 Å². The molecule has 0 radical (unpaired) electrons. The molecule has 0 saturated heterocycles. The van der Waals surface area contributed by atoms with E-state index in [1.807, 2.05) is 19.7 Å². The zero-order chi connectivity index (χ0) is 42.6. The first kappa shape index (κ1) is 45.4. The van der Waals surface area contributed by atoms with Crippen LogP contribution in [0.4, 0.5) is 87.8 Å². The summed E-state index contributed by atoms with van der Waals surface area (Å²) in [7, 11) is 0. The summed E-state index contributed by atoms with van der Waals surface area (Å²) in [6.45, 7) is 4.00. The lowest BCUT2D eigenvalue weighted by atomic mass is 9.12. The Morgan fingerprint density at radius 2 is 0.509 bits per heavy atom. The number of carbonyl (C=O) groups is 2. The third kappa shape index (κ3) is 7.13. The molecule has 1 aliphatic carbocycles. The van der Waals surface area contributed by atoms with E-state index in [2.05, 4.69) is 24.6 Å². The molecule has 23 heteroatoms. The van der Waals surface area contributed by atoms with Gasteiger partial charge in [0, 0.05) is 12.5 Å². The fourth-order valence-corrected chi connectivity index (χ4v) is 5.33. The normalized spacial score (nSPS) is 11.9. The topological polar surface area (TPSA) is 34.1 Å². The lowest BCUT2D eigenvalue weighted by Gasteiger charge is -2.44. The van der Waals surface area contributed by atoms with Gasteiger partial charge in [0.15, 0.2) is 69.8 Å². The van der Waals surface area contributed by atoms with Crippen molar-refractivity contribution in [3.05, 3.63) is 147 Å². The molecule has 4 aromatic rings. The summed E-state index contributed by atoms with van der Waals surface area (Å²) in [5.41, 5.74) is -14.3. The summed E-state index contributed by atoms with van der Waals surface area (Å²) in [5.74, 6) is -71.4. The molecule has 0 amide bonds. The third-order valence-electron chi connectivity index (χ3n) is 7.47. The highest BCUT2D eigenvalue weighted by Crippen LogP contribution is 2.30. The van der Waals surface area contributed by atoms with Crippen molar-refractivity contribution in [1.29, 1.82) is 0 Å². The molecule has 0 saturated carbocycles. The van der Waals surface area contributed by atoms with Gasteiger partial charge in [-0.1, -0.05) is 0 Å². The quantitative estimate of drug-likeness (QED) is 0.0720. The van der Waals surface area contributed by atoms with Crippen molar-refractivity contribution in [2.75, 3.05) is 0 Å². The maximum Gasteiger partial charge on any atom is 0.200 e. The van der Waals surface area contributed by atoms with Crippen LogP contribution in [0.2, 0.25) is 0 Å². The van der Waals surface area contributed by atoms with Crippen LogP contribution in [-0.2, 0) is 9.59 Å². The van der Waals surface area contributed by atoms with Gasteiger partial charge in [-0.25, -0.2) is 87.8 Å². The molecular formula is C32H11BF20O2. The second-order valence-corrected chi connectivity index (χ2v) is 10.1. The van der Waals surface area contributed by atoms with Crippen molar-refractivity contribution in [3.8, 4) is 0 Å². The second kappa shape index (κ2) is 17.6. The lowest BCUT2D eigenvalue weighted by Crippen LogP contribution is -2.81. The lowest BCUT2D eigenvalue weighted by molar-refractivity contribution is -0.0987. The van der Waals surface area contributed by atoms with Crippen molar-refractivity contribution in [2.24, 2.45) is 0 Å². The number of allylic oxidation sites excluding steroid dienone is 4. The number of carbonyl (C=O) groups excluding carboxylic acids is 2. The van der Waals surface area contributed by atoms with Crippen LogP contribution in [0, 0.1) is 123 Å². The predicted octanol–water partition coefficient (Wildman–Crippen LogP) is 7.18. The minimum Gasteiger partial charge on any atom is -0.307 e. The minimum atomic E-state index is -7.22. The molecule has 2 nitrogen and oxygen atoms in total. The van der Waals surface area contributed by atoms with Crippen molar-refractivity contribution < 1.29 is 97.4 Å². The Labute approximate surface area is 292 Å². The first-order valence-electron chi connectivity index (χ1n) is 13.7. The molecule has 0 aliphatic heterocycles. The second-order valence-electron chi connectivity index (χ2n) is 10.1. The summed E-state index contributed by atoms with van der Waals surface area (Å²) in [6.07, 6.45) is 4.28. The number of rotatable bonds is 4. The van der Waals surface area contributed by atoms with E-state index in [9.17, 15) is 52.7 Å². The van der Waals surface area contributed by atoms with Crippen LogP contribution in [0.15, 0.2) is 24.3 Å². The van der Waals surface area contributed by atoms with Gasteiger partial charge < -0.3 is 9.59 Å². The summed E-state index contributed by atoms with van der Waals surface area (Å²) in [4.78, 5) is 16.0. The van der Waals surface area contributed by atoms with Gasteiger partial charge >= 0.3 is 0 Å². The minimum absolute atomic E-state index is 1.11. The van der Waals surface area contributed by atoms with E-state index >= 15 is 35.1 Å². The highest BCUT2D eigenvalue weighted by Gasteiger charge is 2.52. The van der Waals surface area contributed by atoms with Crippen LogP contribution in [0.5, 0.6) is 0 Å². The highest BCUT2D eigenvalue weighted by atomic mass is 19.2. The number of hydrogen-bond donors (Lipinski definition) is 0. The molecular weight excluding hydrogens is 807 g/mol. The average molecular weight is 818 g/mol. The zero-order valence-electron chi connectivity index (χ0n) is 26.0. The van der Waals surface area contributed by atoms with Crippen LogP contribution in [0.1, 0.15) is 6.42 Å². The first-order valence-corrected chi connectivity index (χ1v) is 13.7. The van der Waals surface area contributed by atoms with E-state index in [-0.39, 0.29) is 0 Å². The van der Waals surface area contributed by atoms with Gasteiger partial charge in [-0.15, -0.1) is 21.9 Å². The van der Waals surface area contributed by atoms with Crippen molar-refractivity contribution in [1.82, 2.24) is 0 Å². The maximum atomic E-state index is 15.4. The van der Waals surface area contributed by atoms with Crippen LogP contribution in [-0.4, -0.2) is 19.7 Å². The average Bonchev–Trinajstić information content (AvgIpc) is 3.20. The number of halogens is 20.